The molecule has 0 fully saturated rings. The first-order valence-corrected chi connectivity index (χ1v) is 3.71. The highest BCUT2D eigenvalue weighted by Gasteiger charge is 2.11. The van der Waals surface area contributed by atoms with Crippen LogP contribution in [0.4, 0.5) is 0 Å². The van der Waals surface area contributed by atoms with Crippen molar-refractivity contribution in [1.82, 2.24) is 0 Å². The minimum Gasteiger partial charge on any atom is -0.351 e. The van der Waals surface area contributed by atoms with Gasteiger partial charge in [-0.15, -0.1) is 0 Å². The number of hydrogen-bond donors (Lipinski definition) is 1. The van der Waals surface area contributed by atoms with Gasteiger partial charge < -0.3 is 15.2 Å². The average molecular weight is 147 g/mol. The van der Waals surface area contributed by atoms with Gasteiger partial charge in [-0.05, 0) is 20.8 Å². The maximum atomic E-state index is 5.56. The zero-order chi connectivity index (χ0) is 7.98. The van der Waals surface area contributed by atoms with E-state index in [0.29, 0.717) is 13.2 Å². The van der Waals surface area contributed by atoms with Gasteiger partial charge in [0.05, 0.1) is 6.04 Å². The summed E-state index contributed by atoms with van der Waals surface area (Å²) in [5.74, 6) is 0. The predicted octanol–water partition coefficient (Wildman–Crippen LogP) is 0.733. The lowest BCUT2D eigenvalue weighted by molar-refractivity contribution is -0.145. The predicted molar refractivity (Wildman–Crippen MR) is 40.7 cm³/mol. The third-order valence-corrected chi connectivity index (χ3v) is 1.09. The lowest BCUT2D eigenvalue weighted by Gasteiger charge is -2.19. The second-order valence-corrected chi connectivity index (χ2v) is 2.14. The molecule has 10 heavy (non-hydrogen) atoms. The molecule has 3 heteroatoms. The van der Waals surface area contributed by atoms with E-state index >= 15 is 0 Å². The first-order valence-electron chi connectivity index (χ1n) is 3.71. The number of nitrogens with two attached hydrogens (primary N) is 1. The molecule has 0 aromatic rings. The van der Waals surface area contributed by atoms with Crippen LogP contribution in [0.5, 0.6) is 0 Å². The minimum atomic E-state index is -0.241. The number of rotatable bonds is 5. The number of hydrogen-bond acceptors (Lipinski definition) is 3. The Balaban J connectivity index is 3.50. The summed E-state index contributed by atoms with van der Waals surface area (Å²) in [5, 5.41) is 0. The topological polar surface area (TPSA) is 44.5 Å². The molecule has 0 saturated heterocycles. The summed E-state index contributed by atoms with van der Waals surface area (Å²) in [7, 11) is 0. The molecular weight excluding hydrogens is 130 g/mol. The Kier molecular flexibility index (Phi) is 5.58. The van der Waals surface area contributed by atoms with Gasteiger partial charge in [-0.2, -0.15) is 0 Å². The van der Waals surface area contributed by atoms with E-state index < -0.39 is 0 Å². The molecule has 0 aromatic heterocycles. The third-order valence-electron chi connectivity index (χ3n) is 1.09. The Morgan fingerprint density at radius 2 is 1.60 bits per heavy atom. The molecular formula is C7H17NO2. The van der Waals surface area contributed by atoms with Crippen molar-refractivity contribution in [1.29, 1.82) is 0 Å². The van der Waals surface area contributed by atoms with Crippen molar-refractivity contribution >= 4 is 0 Å². The summed E-state index contributed by atoms with van der Waals surface area (Å²) in [6.07, 6.45) is -0.241. The second kappa shape index (κ2) is 5.65. The summed E-state index contributed by atoms with van der Waals surface area (Å²) >= 11 is 0. The lowest BCUT2D eigenvalue weighted by Crippen LogP contribution is -2.36. The Hall–Kier alpha value is -0.120. The second-order valence-electron chi connectivity index (χ2n) is 2.14. The van der Waals surface area contributed by atoms with E-state index in [1.807, 2.05) is 20.8 Å². The Bertz CT molecular complexity index is 70.0. The summed E-state index contributed by atoms with van der Waals surface area (Å²) in [6.45, 7) is 7.01. The van der Waals surface area contributed by atoms with Crippen LogP contribution in [0.1, 0.15) is 20.8 Å². The SMILES string of the molecule is CCOC(OCC)C(C)N. The highest BCUT2D eigenvalue weighted by Crippen LogP contribution is 1.98. The standard InChI is InChI=1S/C7H17NO2/c1-4-9-7(6(3)8)10-5-2/h6-7H,4-5,8H2,1-3H3. The van der Waals surface area contributed by atoms with Crippen LogP contribution in [0.25, 0.3) is 0 Å². The molecule has 0 amide bonds. The molecule has 0 spiro atoms. The van der Waals surface area contributed by atoms with Crippen molar-refractivity contribution in [2.24, 2.45) is 5.73 Å². The van der Waals surface area contributed by atoms with Crippen LogP contribution in [0, 0.1) is 0 Å². The van der Waals surface area contributed by atoms with Gasteiger partial charge in [-0.25, -0.2) is 0 Å². The van der Waals surface area contributed by atoms with Gasteiger partial charge in [0.2, 0.25) is 0 Å². The van der Waals surface area contributed by atoms with Crippen molar-refractivity contribution in [2.75, 3.05) is 13.2 Å². The summed E-state index contributed by atoms with van der Waals surface area (Å²) in [4.78, 5) is 0. The van der Waals surface area contributed by atoms with Crippen LogP contribution in [-0.2, 0) is 9.47 Å². The molecule has 1 atom stereocenters. The molecule has 2 N–H and O–H groups in total. The molecule has 0 rings (SSSR count). The van der Waals surface area contributed by atoms with Crippen LogP contribution < -0.4 is 5.73 Å². The highest BCUT2D eigenvalue weighted by molar-refractivity contribution is 4.57. The zero-order valence-electron chi connectivity index (χ0n) is 6.96. The molecule has 0 aromatic carbocycles. The largest absolute Gasteiger partial charge is 0.351 e. The Morgan fingerprint density at radius 3 is 1.80 bits per heavy atom. The number of ether oxygens (including phenoxy) is 2. The summed E-state index contributed by atoms with van der Waals surface area (Å²) in [6, 6.07) is -0.0556. The van der Waals surface area contributed by atoms with Crippen LogP contribution in [0.15, 0.2) is 0 Å². The van der Waals surface area contributed by atoms with E-state index in [1.54, 1.807) is 0 Å². The normalized spacial score (nSPS) is 14.1. The van der Waals surface area contributed by atoms with Gasteiger partial charge in [0.1, 0.15) is 0 Å². The van der Waals surface area contributed by atoms with Crippen LogP contribution >= 0.6 is 0 Å². The zero-order valence-corrected chi connectivity index (χ0v) is 6.96. The van der Waals surface area contributed by atoms with E-state index in [1.165, 1.54) is 0 Å². The van der Waals surface area contributed by atoms with Gasteiger partial charge in [-0.1, -0.05) is 0 Å². The van der Waals surface area contributed by atoms with Crippen LogP contribution in [0.3, 0.4) is 0 Å². The van der Waals surface area contributed by atoms with Gasteiger partial charge in [-0.3, -0.25) is 0 Å². The highest BCUT2D eigenvalue weighted by atomic mass is 16.7. The van der Waals surface area contributed by atoms with E-state index in [2.05, 4.69) is 0 Å². The fourth-order valence-corrected chi connectivity index (χ4v) is 0.680. The molecule has 62 valence electrons. The van der Waals surface area contributed by atoms with Crippen molar-refractivity contribution in [3.05, 3.63) is 0 Å². The van der Waals surface area contributed by atoms with Crippen molar-refractivity contribution in [2.45, 2.75) is 33.1 Å². The maximum Gasteiger partial charge on any atom is 0.172 e. The molecule has 0 saturated carbocycles. The quantitative estimate of drug-likeness (QED) is 0.583. The molecule has 1 unspecified atom stereocenters. The first kappa shape index (κ1) is 9.88. The fourth-order valence-electron chi connectivity index (χ4n) is 0.680. The lowest BCUT2D eigenvalue weighted by atomic mass is 10.3. The molecule has 0 heterocycles. The fraction of sp³-hybridized carbons (Fsp3) is 1.00. The molecule has 3 nitrogen and oxygen atoms in total. The molecule has 0 aliphatic heterocycles. The van der Waals surface area contributed by atoms with Crippen molar-refractivity contribution in [3.63, 3.8) is 0 Å². The summed E-state index contributed by atoms with van der Waals surface area (Å²) in [5.41, 5.74) is 5.56. The van der Waals surface area contributed by atoms with Gasteiger partial charge in [0.15, 0.2) is 6.29 Å². The smallest absolute Gasteiger partial charge is 0.172 e. The molecule has 0 radical (unpaired) electrons. The Morgan fingerprint density at radius 1 is 1.20 bits per heavy atom. The monoisotopic (exact) mass is 147 g/mol. The van der Waals surface area contributed by atoms with E-state index in [0.717, 1.165) is 0 Å². The van der Waals surface area contributed by atoms with Crippen molar-refractivity contribution < 1.29 is 9.47 Å². The Labute approximate surface area is 62.5 Å². The summed E-state index contributed by atoms with van der Waals surface area (Å²) < 4.78 is 10.4. The average Bonchev–Trinajstić information content (AvgIpc) is 1.87. The maximum absolute atomic E-state index is 5.56. The third kappa shape index (κ3) is 3.82. The van der Waals surface area contributed by atoms with E-state index in [4.69, 9.17) is 15.2 Å². The van der Waals surface area contributed by atoms with Crippen LogP contribution in [-0.4, -0.2) is 25.5 Å². The van der Waals surface area contributed by atoms with Gasteiger partial charge >= 0.3 is 0 Å². The molecule has 0 aliphatic rings. The first-order chi connectivity index (χ1) is 4.72. The van der Waals surface area contributed by atoms with Crippen molar-refractivity contribution in [3.8, 4) is 0 Å². The van der Waals surface area contributed by atoms with Gasteiger partial charge in [0.25, 0.3) is 0 Å². The van der Waals surface area contributed by atoms with E-state index in [-0.39, 0.29) is 12.3 Å². The van der Waals surface area contributed by atoms with Crippen LogP contribution in [0.2, 0.25) is 0 Å². The van der Waals surface area contributed by atoms with Gasteiger partial charge in [0, 0.05) is 13.2 Å². The minimum absolute atomic E-state index is 0.0556. The molecule has 0 aliphatic carbocycles. The van der Waals surface area contributed by atoms with E-state index in [9.17, 15) is 0 Å². The molecule has 0 bridgehead atoms.